The zero-order valence-corrected chi connectivity index (χ0v) is 10.4. The monoisotopic (exact) mass is 243 g/mol. The van der Waals surface area contributed by atoms with Crippen LogP contribution >= 0.6 is 0 Å². The average molecular weight is 243 g/mol. The topological polar surface area (TPSA) is 62.2 Å². The molecule has 0 saturated carbocycles. The Bertz CT molecular complexity index is 322. The summed E-state index contributed by atoms with van der Waals surface area (Å²) in [6, 6.07) is 0.00579. The van der Waals surface area contributed by atoms with Gasteiger partial charge < -0.3 is 19.7 Å². The number of hydrogen-bond acceptors (Lipinski definition) is 5. The van der Waals surface area contributed by atoms with Crippen molar-refractivity contribution in [2.75, 3.05) is 19.7 Å². The molecule has 0 aliphatic carbocycles. The molecule has 0 aromatic rings. The van der Waals surface area contributed by atoms with Gasteiger partial charge in [0.25, 0.3) is 0 Å². The van der Waals surface area contributed by atoms with Crippen LogP contribution in [-0.4, -0.2) is 64.4 Å². The molecule has 17 heavy (non-hydrogen) atoms. The lowest BCUT2D eigenvalue weighted by Gasteiger charge is -2.47. The van der Waals surface area contributed by atoms with Gasteiger partial charge in [0.2, 0.25) is 0 Å². The summed E-state index contributed by atoms with van der Waals surface area (Å²) in [5.41, 5.74) is -1.19. The largest absolute Gasteiger partial charge is 0.393 e. The fourth-order valence-electron chi connectivity index (χ4n) is 3.62. The zero-order chi connectivity index (χ0) is 12.3. The first-order valence-electron chi connectivity index (χ1n) is 6.39. The maximum atomic E-state index is 10.8. The number of nitrogens with zero attached hydrogens (tertiary/aromatic N) is 1. The summed E-state index contributed by atoms with van der Waals surface area (Å²) in [6.07, 6.45) is 1.43. The van der Waals surface area contributed by atoms with Crippen molar-refractivity contribution in [3.63, 3.8) is 0 Å². The van der Waals surface area contributed by atoms with Crippen LogP contribution in [0.2, 0.25) is 0 Å². The number of ether oxygens (including phenoxy) is 2. The lowest BCUT2D eigenvalue weighted by atomic mass is 9.81. The Hall–Kier alpha value is -0.200. The Morgan fingerprint density at radius 2 is 2.12 bits per heavy atom. The van der Waals surface area contributed by atoms with E-state index in [0.717, 1.165) is 25.9 Å². The highest BCUT2D eigenvalue weighted by Gasteiger charge is 2.61. The Morgan fingerprint density at radius 3 is 2.82 bits per heavy atom. The van der Waals surface area contributed by atoms with E-state index < -0.39 is 17.5 Å². The molecule has 4 atom stereocenters. The van der Waals surface area contributed by atoms with Gasteiger partial charge in [0.15, 0.2) is 5.79 Å². The van der Waals surface area contributed by atoms with Crippen LogP contribution in [0, 0.1) is 0 Å². The van der Waals surface area contributed by atoms with E-state index in [1.54, 1.807) is 0 Å². The third-order valence-corrected chi connectivity index (χ3v) is 4.28. The molecule has 3 aliphatic rings. The lowest BCUT2D eigenvalue weighted by Crippen LogP contribution is -2.68. The molecule has 5 nitrogen and oxygen atoms in total. The van der Waals surface area contributed by atoms with E-state index in [0.29, 0.717) is 0 Å². The first-order valence-corrected chi connectivity index (χ1v) is 6.39. The van der Waals surface area contributed by atoms with Crippen LogP contribution in [0.25, 0.3) is 0 Å². The van der Waals surface area contributed by atoms with Gasteiger partial charge in [-0.1, -0.05) is 0 Å². The molecular formula is C12H21NO4. The minimum absolute atomic E-state index is 0.00579. The van der Waals surface area contributed by atoms with Gasteiger partial charge >= 0.3 is 0 Å². The standard InChI is InChI=1S/C12H21NO4/c1-11(2)16-8-6-13-5-3-4-9(13)12(15,7-14)10(8)17-11/h8-10,14-15H,3-7H2,1-2H3/t8-,9+,10+,12+/m0/s1. The highest BCUT2D eigenvalue weighted by atomic mass is 16.8. The molecular weight excluding hydrogens is 222 g/mol. The number of fused-ring (bicyclic) bond motifs is 2. The van der Waals surface area contributed by atoms with Crippen molar-refractivity contribution in [2.45, 2.75) is 56.3 Å². The van der Waals surface area contributed by atoms with E-state index in [1.807, 2.05) is 13.8 Å². The number of hydrogen-bond donors (Lipinski definition) is 2. The predicted molar refractivity (Wildman–Crippen MR) is 60.5 cm³/mol. The summed E-state index contributed by atoms with van der Waals surface area (Å²) in [4.78, 5) is 2.22. The van der Waals surface area contributed by atoms with Gasteiger partial charge in [-0.05, 0) is 33.2 Å². The molecule has 0 spiro atoms. The van der Waals surface area contributed by atoms with E-state index in [2.05, 4.69) is 4.90 Å². The molecule has 3 aliphatic heterocycles. The molecule has 3 fully saturated rings. The van der Waals surface area contributed by atoms with Gasteiger partial charge in [-0.3, -0.25) is 4.90 Å². The minimum Gasteiger partial charge on any atom is -0.393 e. The van der Waals surface area contributed by atoms with E-state index in [9.17, 15) is 10.2 Å². The van der Waals surface area contributed by atoms with E-state index in [-0.39, 0.29) is 18.8 Å². The number of piperidine rings is 1. The molecule has 5 heteroatoms. The molecule has 98 valence electrons. The van der Waals surface area contributed by atoms with E-state index in [4.69, 9.17) is 9.47 Å². The number of aliphatic hydroxyl groups is 2. The Morgan fingerprint density at radius 1 is 1.35 bits per heavy atom. The summed E-state index contributed by atoms with van der Waals surface area (Å²) in [7, 11) is 0. The third-order valence-electron chi connectivity index (χ3n) is 4.28. The highest BCUT2D eigenvalue weighted by Crippen LogP contribution is 2.43. The van der Waals surface area contributed by atoms with Crippen molar-refractivity contribution >= 4 is 0 Å². The first-order chi connectivity index (χ1) is 7.96. The Kier molecular flexibility index (Phi) is 2.55. The molecule has 0 radical (unpaired) electrons. The second-order valence-electron chi connectivity index (χ2n) is 5.90. The molecule has 3 saturated heterocycles. The summed E-state index contributed by atoms with van der Waals surface area (Å²) in [5, 5.41) is 20.4. The normalized spacial score (nSPS) is 49.1. The maximum absolute atomic E-state index is 10.8. The molecule has 3 heterocycles. The fraction of sp³-hybridized carbons (Fsp3) is 1.00. The first kappa shape index (κ1) is 11.9. The molecule has 0 aromatic heterocycles. The second-order valence-corrected chi connectivity index (χ2v) is 5.90. The number of aliphatic hydroxyl groups excluding tert-OH is 1. The molecule has 0 unspecified atom stereocenters. The number of rotatable bonds is 1. The van der Waals surface area contributed by atoms with Gasteiger partial charge in [-0.2, -0.15) is 0 Å². The molecule has 3 rings (SSSR count). The SMILES string of the molecule is CC1(C)O[C@H]2CN3CCC[C@@H]3[C@](O)(CO)[C@@H]2O1. The van der Waals surface area contributed by atoms with Crippen LogP contribution < -0.4 is 0 Å². The van der Waals surface area contributed by atoms with Crippen LogP contribution in [0.3, 0.4) is 0 Å². The van der Waals surface area contributed by atoms with Gasteiger partial charge in [0.1, 0.15) is 17.8 Å². The fourth-order valence-corrected chi connectivity index (χ4v) is 3.62. The van der Waals surface area contributed by atoms with E-state index >= 15 is 0 Å². The lowest BCUT2D eigenvalue weighted by molar-refractivity contribution is -0.195. The van der Waals surface area contributed by atoms with Crippen molar-refractivity contribution in [2.24, 2.45) is 0 Å². The van der Waals surface area contributed by atoms with Crippen LogP contribution in [0.15, 0.2) is 0 Å². The van der Waals surface area contributed by atoms with Crippen LogP contribution in [0.4, 0.5) is 0 Å². The minimum atomic E-state index is -1.19. The van der Waals surface area contributed by atoms with Crippen molar-refractivity contribution in [3.8, 4) is 0 Å². The van der Waals surface area contributed by atoms with Crippen molar-refractivity contribution < 1.29 is 19.7 Å². The van der Waals surface area contributed by atoms with Crippen LogP contribution in [0.1, 0.15) is 26.7 Å². The van der Waals surface area contributed by atoms with Crippen molar-refractivity contribution in [1.29, 1.82) is 0 Å². The second kappa shape index (κ2) is 3.65. The van der Waals surface area contributed by atoms with Crippen molar-refractivity contribution in [3.05, 3.63) is 0 Å². The van der Waals surface area contributed by atoms with Gasteiger partial charge in [-0.15, -0.1) is 0 Å². The van der Waals surface area contributed by atoms with Gasteiger partial charge in [0.05, 0.1) is 6.61 Å². The Labute approximate surface area is 101 Å². The summed E-state index contributed by atoms with van der Waals surface area (Å²) < 4.78 is 11.6. The predicted octanol–water partition coefficient (Wildman–Crippen LogP) is -0.292. The van der Waals surface area contributed by atoms with Crippen molar-refractivity contribution in [1.82, 2.24) is 4.90 Å². The average Bonchev–Trinajstić information content (AvgIpc) is 2.82. The van der Waals surface area contributed by atoms with Gasteiger partial charge in [-0.25, -0.2) is 0 Å². The maximum Gasteiger partial charge on any atom is 0.163 e. The Balaban J connectivity index is 1.92. The summed E-state index contributed by atoms with van der Waals surface area (Å²) >= 11 is 0. The third kappa shape index (κ3) is 1.64. The van der Waals surface area contributed by atoms with Gasteiger partial charge in [0, 0.05) is 12.6 Å². The molecule has 2 N–H and O–H groups in total. The molecule has 0 aromatic carbocycles. The summed E-state index contributed by atoms with van der Waals surface area (Å²) in [6.45, 7) is 5.21. The molecule has 0 amide bonds. The summed E-state index contributed by atoms with van der Waals surface area (Å²) in [5.74, 6) is -0.668. The zero-order valence-electron chi connectivity index (χ0n) is 10.4. The van der Waals surface area contributed by atoms with Crippen LogP contribution in [-0.2, 0) is 9.47 Å². The molecule has 0 bridgehead atoms. The quantitative estimate of drug-likeness (QED) is 0.662. The van der Waals surface area contributed by atoms with E-state index in [1.165, 1.54) is 0 Å². The van der Waals surface area contributed by atoms with Crippen LogP contribution in [0.5, 0.6) is 0 Å². The highest BCUT2D eigenvalue weighted by molar-refractivity contribution is 5.11. The smallest absolute Gasteiger partial charge is 0.163 e.